The number of nitro benzene ring substituents is 1. The first kappa shape index (κ1) is 14.6. The largest absolute Gasteiger partial charge is 0.508 e. The summed E-state index contributed by atoms with van der Waals surface area (Å²) in [6.07, 6.45) is 0. The normalized spacial score (nSPS) is 11.9. The van der Waals surface area contributed by atoms with Crippen molar-refractivity contribution in [2.75, 3.05) is 5.32 Å². The molecule has 3 N–H and O–H groups in total. The Kier molecular flexibility index (Phi) is 3.98. The molecule has 110 valence electrons. The fraction of sp³-hybridized carbons (Fsp3) is 0.200. The van der Waals surface area contributed by atoms with Gasteiger partial charge in [0.05, 0.1) is 11.0 Å². The second-order valence-electron chi connectivity index (χ2n) is 4.87. The van der Waals surface area contributed by atoms with Crippen molar-refractivity contribution in [2.24, 2.45) is 0 Å². The Morgan fingerprint density at radius 1 is 1.19 bits per heavy atom. The van der Waals surface area contributed by atoms with Gasteiger partial charge in [0.1, 0.15) is 11.5 Å². The summed E-state index contributed by atoms with van der Waals surface area (Å²) in [5.41, 5.74) is 1.98. The van der Waals surface area contributed by atoms with Gasteiger partial charge in [-0.05, 0) is 38.1 Å². The highest BCUT2D eigenvalue weighted by molar-refractivity contribution is 5.55. The molecule has 2 aromatic rings. The fourth-order valence-electron chi connectivity index (χ4n) is 2.18. The molecule has 0 aliphatic carbocycles. The zero-order chi connectivity index (χ0) is 15.6. The molecule has 0 aliphatic rings. The van der Waals surface area contributed by atoms with E-state index in [-0.39, 0.29) is 23.2 Å². The lowest BCUT2D eigenvalue weighted by molar-refractivity contribution is -0.385. The summed E-state index contributed by atoms with van der Waals surface area (Å²) in [6.45, 7) is 3.52. The van der Waals surface area contributed by atoms with Crippen molar-refractivity contribution < 1.29 is 15.1 Å². The average Bonchev–Trinajstić information content (AvgIpc) is 2.37. The first-order valence-electron chi connectivity index (χ1n) is 6.42. The van der Waals surface area contributed by atoms with Crippen molar-refractivity contribution in [3.8, 4) is 11.5 Å². The molecule has 21 heavy (non-hydrogen) atoms. The highest BCUT2D eigenvalue weighted by Gasteiger charge is 2.14. The molecule has 0 spiro atoms. The molecule has 0 saturated carbocycles. The molecule has 6 heteroatoms. The molecular formula is C15H16N2O4. The topological polar surface area (TPSA) is 95.6 Å². The summed E-state index contributed by atoms with van der Waals surface area (Å²) < 4.78 is 0. The van der Waals surface area contributed by atoms with E-state index in [2.05, 4.69) is 5.32 Å². The maximum Gasteiger partial charge on any atom is 0.272 e. The van der Waals surface area contributed by atoms with Gasteiger partial charge in [-0.2, -0.15) is 0 Å². The Labute approximate surface area is 121 Å². The molecular weight excluding hydrogens is 272 g/mol. The van der Waals surface area contributed by atoms with E-state index in [4.69, 9.17) is 0 Å². The van der Waals surface area contributed by atoms with E-state index >= 15 is 0 Å². The van der Waals surface area contributed by atoms with Gasteiger partial charge in [-0.1, -0.05) is 0 Å². The number of phenols is 2. The molecule has 0 bridgehead atoms. The first-order valence-corrected chi connectivity index (χ1v) is 6.42. The number of hydrogen-bond donors (Lipinski definition) is 3. The Bertz CT molecular complexity index is 685. The fourth-order valence-corrected chi connectivity index (χ4v) is 2.18. The molecule has 0 heterocycles. The molecule has 1 atom stereocenters. The number of nitro groups is 1. The molecule has 2 rings (SSSR count). The Balaban J connectivity index is 2.21. The Hall–Kier alpha value is -2.76. The van der Waals surface area contributed by atoms with Gasteiger partial charge < -0.3 is 15.5 Å². The van der Waals surface area contributed by atoms with Crippen molar-refractivity contribution in [2.45, 2.75) is 19.9 Å². The zero-order valence-corrected chi connectivity index (χ0v) is 11.7. The second kappa shape index (κ2) is 5.70. The van der Waals surface area contributed by atoms with E-state index in [9.17, 15) is 20.3 Å². The van der Waals surface area contributed by atoms with Gasteiger partial charge in [0.2, 0.25) is 0 Å². The first-order chi connectivity index (χ1) is 9.88. The standard InChI is InChI=1S/C15H16N2O4/c1-9-7-11(3-6-14(9)17(20)21)16-10(2)13-5-4-12(18)8-15(13)19/h3-8,10,16,18-19H,1-2H3. The third-order valence-corrected chi connectivity index (χ3v) is 3.26. The number of nitrogens with one attached hydrogen (secondary N) is 1. The lowest BCUT2D eigenvalue weighted by Gasteiger charge is -2.17. The summed E-state index contributed by atoms with van der Waals surface area (Å²) in [5.74, 6) is -0.0109. The van der Waals surface area contributed by atoms with Crippen LogP contribution in [0.3, 0.4) is 0 Å². The number of phenolic OH excluding ortho intramolecular Hbond substituents is 2. The van der Waals surface area contributed by atoms with Crippen molar-refractivity contribution in [3.05, 3.63) is 57.6 Å². The number of aryl methyl sites for hydroxylation is 1. The van der Waals surface area contributed by atoms with Gasteiger partial charge in [-0.15, -0.1) is 0 Å². The van der Waals surface area contributed by atoms with Crippen LogP contribution in [0.4, 0.5) is 11.4 Å². The van der Waals surface area contributed by atoms with Gasteiger partial charge in [0.15, 0.2) is 0 Å². The van der Waals surface area contributed by atoms with E-state index in [1.54, 1.807) is 25.1 Å². The number of anilines is 1. The van der Waals surface area contributed by atoms with Crippen LogP contribution in [-0.4, -0.2) is 15.1 Å². The van der Waals surface area contributed by atoms with Crippen LogP contribution in [0.25, 0.3) is 0 Å². The average molecular weight is 288 g/mol. The number of aromatic hydroxyl groups is 2. The van der Waals surface area contributed by atoms with Crippen LogP contribution in [0.15, 0.2) is 36.4 Å². The molecule has 0 amide bonds. The van der Waals surface area contributed by atoms with Gasteiger partial charge in [-0.25, -0.2) is 0 Å². The predicted octanol–water partition coefficient (Wildman–Crippen LogP) is 3.49. The summed E-state index contributed by atoms with van der Waals surface area (Å²) >= 11 is 0. The quantitative estimate of drug-likeness (QED) is 0.591. The van der Waals surface area contributed by atoms with Crippen LogP contribution < -0.4 is 5.32 Å². The van der Waals surface area contributed by atoms with Crippen molar-refractivity contribution in [1.82, 2.24) is 0 Å². The number of nitrogens with zero attached hydrogens (tertiary/aromatic N) is 1. The van der Waals surface area contributed by atoms with Crippen LogP contribution in [0, 0.1) is 17.0 Å². The zero-order valence-electron chi connectivity index (χ0n) is 11.7. The SMILES string of the molecule is Cc1cc(NC(C)c2ccc(O)cc2O)ccc1[N+](=O)[O-]. The van der Waals surface area contributed by atoms with Crippen molar-refractivity contribution >= 4 is 11.4 Å². The third-order valence-electron chi connectivity index (χ3n) is 3.26. The van der Waals surface area contributed by atoms with Crippen LogP contribution in [-0.2, 0) is 0 Å². The number of hydrogen-bond acceptors (Lipinski definition) is 5. The highest BCUT2D eigenvalue weighted by atomic mass is 16.6. The Morgan fingerprint density at radius 3 is 2.48 bits per heavy atom. The summed E-state index contributed by atoms with van der Waals surface area (Å²) in [6, 6.07) is 8.93. The molecule has 2 aromatic carbocycles. The van der Waals surface area contributed by atoms with Crippen molar-refractivity contribution in [3.63, 3.8) is 0 Å². The van der Waals surface area contributed by atoms with Gasteiger partial charge in [-0.3, -0.25) is 10.1 Å². The van der Waals surface area contributed by atoms with Crippen LogP contribution in [0.5, 0.6) is 11.5 Å². The summed E-state index contributed by atoms with van der Waals surface area (Å²) in [5, 5.41) is 33.0. The molecule has 0 saturated heterocycles. The Morgan fingerprint density at radius 2 is 1.90 bits per heavy atom. The van der Waals surface area contributed by atoms with Crippen LogP contribution in [0.2, 0.25) is 0 Å². The van der Waals surface area contributed by atoms with Gasteiger partial charge in [0, 0.05) is 28.9 Å². The van der Waals surface area contributed by atoms with Gasteiger partial charge in [0.25, 0.3) is 5.69 Å². The van der Waals surface area contributed by atoms with Crippen LogP contribution in [0.1, 0.15) is 24.1 Å². The van der Waals surface area contributed by atoms with E-state index in [0.717, 1.165) is 5.69 Å². The van der Waals surface area contributed by atoms with E-state index in [1.807, 2.05) is 6.92 Å². The van der Waals surface area contributed by atoms with E-state index < -0.39 is 4.92 Å². The monoisotopic (exact) mass is 288 g/mol. The predicted molar refractivity (Wildman–Crippen MR) is 79.6 cm³/mol. The molecule has 0 aromatic heterocycles. The summed E-state index contributed by atoms with van der Waals surface area (Å²) in [4.78, 5) is 10.4. The van der Waals surface area contributed by atoms with E-state index in [1.165, 1.54) is 18.2 Å². The second-order valence-corrected chi connectivity index (χ2v) is 4.87. The minimum atomic E-state index is -0.422. The number of benzene rings is 2. The maximum atomic E-state index is 10.8. The lowest BCUT2D eigenvalue weighted by Crippen LogP contribution is -2.07. The lowest BCUT2D eigenvalue weighted by atomic mass is 10.1. The molecule has 1 unspecified atom stereocenters. The molecule has 0 aliphatic heterocycles. The van der Waals surface area contributed by atoms with Crippen LogP contribution >= 0.6 is 0 Å². The highest BCUT2D eigenvalue weighted by Crippen LogP contribution is 2.31. The minimum Gasteiger partial charge on any atom is -0.508 e. The molecule has 6 nitrogen and oxygen atoms in total. The number of rotatable bonds is 4. The maximum absolute atomic E-state index is 10.8. The third kappa shape index (κ3) is 3.22. The molecule has 0 fully saturated rings. The molecule has 0 radical (unpaired) electrons. The van der Waals surface area contributed by atoms with Crippen molar-refractivity contribution in [1.29, 1.82) is 0 Å². The van der Waals surface area contributed by atoms with Gasteiger partial charge >= 0.3 is 0 Å². The smallest absolute Gasteiger partial charge is 0.272 e. The summed E-state index contributed by atoms with van der Waals surface area (Å²) in [7, 11) is 0. The minimum absolute atomic E-state index is 0.00497. The van der Waals surface area contributed by atoms with E-state index in [0.29, 0.717) is 11.1 Å².